The summed E-state index contributed by atoms with van der Waals surface area (Å²) in [4.78, 5) is 12.1. The Morgan fingerprint density at radius 1 is 1.24 bits per heavy atom. The summed E-state index contributed by atoms with van der Waals surface area (Å²) >= 11 is 0. The minimum absolute atomic E-state index is 0.0340. The van der Waals surface area contributed by atoms with Gasteiger partial charge in [-0.15, -0.1) is 0 Å². The predicted molar refractivity (Wildman–Crippen MR) is 81.4 cm³/mol. The summed E-state index contributed by atoms with van der Waals surface area (Å²) in [6.45, 7) is 2.27. The summed E-state index contributed by atoms with van der Waals surface area (Å²) in [6.07, 6.45) is 0. The van der Waals surface area contributed by atoms with Crippen LogP contribution in [0.3, 0.4) is 0 Å². The van der Waals surface area contributed by atoms with Crippen LogP contribution < -0.4 is 10.1 Å². The van der Waals surface area contributed by atoms with Crippen LogP contribution in [-0.4, -0.2) is 18.1 Å². The quantitative estimate of drug-likeness (QED) is 0.888. The van der Waals surface area contributed by atoms with Crippen LogP contribution in [-0.2, 0) is 11.3 Å². The van der Waals surface area contributed by atoms with Crippen LogP contribution in [0, 0.1) is 0 Å². The van der Waals surface area contributed by atoms with Crippen molar-refractivity contribution in [3.8, 4) is 11.5 Å². The molecular formula is C17H19NO3. The van der Waals surface area contributed by atoms with Gasteiger partial charge in [-0.2, -0.15) is 0 Å². The lowest BCUT2D eigenvalue weighted by Gasteiger charge is -2.13. The number of phenols is 1. The molecule has 0 unspecified atom stereocenters. The first kappa shape index (κ1) is 14.9. The van der Waals surface area contributed by atoms with E-state index in [4.69, 9.17) is 4.74 Å². The first-order valence-electron chi connectivity index (χ1n) is 6.80. The number of rotatable bonds is 5. The highest BCUT2D eigenvalue weighted by Crippen LogP contribution is 2.26. The third-order valence-corrected chi connectivity index (χ3v) is 3.40. The third kappa shape index (κ3) is 3.75. The Hall–Kier alpha value is -2.49. The summed E-state index contributed by atoms with van der Waals surface area (Å²) in [5.74, 6) is 0.251. The fourth-order valence-electron chi connectivity index (χ4n) is 2.07. The van der Waals surface area contributed by atoms with Gasteiger partial charge in [0.15, 0.2) is 11.5 Å². The van der Waals surface area contributed by atoms with Crippen molar-refractivity contribution >= 4 is 5.91 Å². The van der Waals surface area contributed by atoms with E-state index in [1.54, 1.807) is 18.2 Å². The van der Waals surface area contributed by atoms with E-state index in [0.717, 1.165) is 11.1 Å². The first-order valence-corrected chi connectivity index (χ1v) is 6.80. The standard InChI is InChI=1S/C17H19NO3/c1-12(14-6-4-3-5-7-14)17(20)18-11-13-8-9-15(19)16(10-13)21-2/h3-10,12,19H,11H2,1-2H3,(H,18,20)/t12-/m0/s1. The summed E-state index contributed by atoms with van der Waals surface area (Å²) in [6, 6.07) is 14.7. The largest absolute Gasteiger partial charge is 0.504 e. The van der Waals surface area contributed by atoms with E-state index in [0.29, 0.717) is 12.3 Å². The van der Waals surface area contributed by atoms with Gasteiger partial charge in [-0.1, -0.05) is 36.4 Å². The van der Waals surface area contributed by atoms with E-state index < -0.39 is 0 Å². The number of amides is 1. The van der Waals surface area contributed by atoms with Crippen molar-refractivity contribution in [3.63, 3.8) is 0 Å². The Morgan fingerprint density at radius 3 is 2.62 bits per heavy atom. The van der Waals surface area contributed by atoms with Gasteiger partial charge in [0.1, 0.15) is 0 Å². The maximum Gasteiger partial charge on any atom is 0.227 e. The number of carbonyl (C=O) groups excluding carboxylic acids is 1. The fraction of sp³-hybridized carbons (Fsp3) is 0.235. The molecule has 1 atom stereocenters. The predicted octanol–water partition coefficient (Wildman–Crippen LogP) is 2.82. The van der Waals surface area contributed by atoms with Crippen LogP contribution in [0.15, 0.2) is 48.5 Å². The van der Waals surface area contributed by atoms with Crippen molar-refractivity contribution in [1.29, 1.82) is 0 Å². The molecule has 4 nitrogen and oxygen atoms in total. The zero-order chi connectivity index (χ0) is 15.2. The number of phenolic OH excluding ortho intramolecular Hbond substituents is 1. The molecular weight excluding hydrogens is 266 g/mol. The van der Waals surface area contributed by atoms with Crippen molar-refractivity contribution < 1.29 is 14.6 Å². The lowest BCUT2D eigenvalue weighted by Crippen LogP contribution is -2.27. The molecule has 0 bridgehead atoms. The number of benzene rings is 2. The SMILES string of the molecule is COc1cc(CNC(=O)[C@@H](C)c2ccccc2)ccc1O. The van der Waals surface area contributed by atoms with Gasteiger partial charge in [-0.3, -0.25) is 4.79 Å². The highest BCUT2D eigenvalue weighted by atomic mass is 16.5. The summed E-state index contributed by atoms with van der Waals surface area (Å²) in [5, 5.41) is 12.4. The number of hydrogen-bond acceptors (Lipinski definition) is 3. The normalized spacial score (nSPS) is 11.7. The molecule has 110 valence electrons. The first-order chi connectivity index (χ1) is 10.1. The molecule has 0 aliphatic heterocycles. The van der Waals surface area contributed by atoms with Gasteiger partial charge in [0, 0.05) is 6.54 Å². The molecule has 0 fully saturated rings. The Morgan fingerprint density at radius 2 is 1.95 bits per heavy atom. The van der Waals surface area contributed by atoms with Crippen LogP contribution in [0.1, 0.15) is 24.0 Å². The number of ether oxygens (including phenoxy) is 1. The van der Waals surface area contributed by atoms with E-state index in [-0.39, 0.29) is 17.6 Å². The average molecular weight is 285 g/mol. The van der Waals surface area contributed by atoms with Crippen molar-refractivity contribution in [1.82, 2.24) is 5.32 Å². The molecule has 2 aromatic rings. The van der Waals surface area contributed by atoms with Crippen molar-refractivity contribution in [3.05, 3.63) is 59.7 Å². The highest BCUT2D eigenvalue weighted by Gasteiger charge is 2.14. The number of nitrogens with one attached hydrogen (secondary N) is 1. The van der Waals surface area contributed by atoms with Crippen LogP contribution in [0.25, 0.3) is 0 Å². The van der Waals surface area contributed by atoms with Crippen LogP contribution in [0.4, 0.5) is 0 Å². The monoisotopic (exact) mass is 285 g/mol. The maximum absolute atomic E-state index is 12.1. The van der Waals surface area contributed by atoms with E-state index >= 15 is 0 Å². The molecule has 4 heteroatoms. The molecule has 0 aliphatic rings. The molecule has 1 amide bonds. The third-order valence-electron chi connectivity index (χ3n) is 3.40. The Kier molecular flexibility index (Phi) is 4.82. The zero-order valence-corrected chi connectivity index (χ0v) is 12.2. The second-order valence-corrected chi connectivity index (χ2v) is 4.86. The average Bonchev–Trinajstić information content (AvgIpc) is 2.53. The molecule has 21 heavy (non-hydrogen) atoms. The number of hydrogen-bond donors (Lipinski definition) is 2. The summed E-state index contributed by atoms with van der Waals surface area (Å²) < 4.78 is 5.05. The second kappa shape index (κ2) is 6.79. The maximum atomic E-state index is 12.1. The summed E-state index contributed by atoms with van der Waals surface area (Å²) in [7, 11) is 1.49. The van der Waals surface area contributed by atoms with E-state index in [1.165, 1.54) is 7.11 Å². The van der Waals surface area contributed by atoms with E-state index in [2.05, 4.69) is 5.32 Å². The Balaban J connectivity index is 1.98. The smallest absolute Gasteiger partial charge is 0.227 e. The number of methoxy groups -OCH3 is 1. The van der Waals surface area contributed by atoms with Crippen LogP contribution >= 0.6 is 0 Å². The molecule has 0 radical (unpaired) electrons. The van der Waals surface area contributed by atoms with Crippen molar-refractivity contribution in [2.24, 2.45) is 0 Å². The minimum Gasteiger partial charge on any atom is -0.504 e. The lowest BCUT2D eigenvalue weighted by atomic mass is 10.0. The molecule has 2 N–H and O–H groups in total. The minimum atomic E-state index is -0.204. The molecule has 2 aromatic carbocycles. The van der Waals surface area contributed by atoms with Crippen molar-refractivity contribution in [2.45, 2.75) is 19.4 Å². The number of aromatic hydroxyl groups is 1. The van der Waals surface area contributed by atoms with Gasteiger partial charge >= 0.3 is 0 Å². The van der Waals surface area contributed by atoms with Crippen LogP contribution in [0.2, 0.25) is 0 Å². The van der Waals surface area contributed by atoms with E-state index in [1.807, 2.05) is 37.3 Å². The van der Waals surface area contributed by atoms with Gasteiger partial charge in [0.05, 0.1) is 13.0 Å². The van der Waals surface area contributed by atoms with Gasteiger partial charge in [-0.25, -0.2) is 0 Å². The van der Waals surface area contributed by atoms with Crippen LogP contribution in [0.5, 0.6) is 11.5 Å². The highest BCUT2D eigenvalue weighted by molar-refractivity contribution is 5.83. The molecule has 0 aliphatic carbocycles. The molecule has 2 rings (SSSR count). The number of carbonyl (C=O) groups is 1. The Labute approximate surface area is 124 Å². The lowest BCUT2D eigenvalue weighted by molar-refractivity contribution is -0.122. The zero-order valence-electron chi connectivity index (χ0n) is 12.2. The summed E-state index contributed by atoms with van der Waals surface area (Å²) in [5.41, 5.74) is 1.86. The molecule has 0 saturated carbocycles. The van der Waals surface area contributed by atoms with E-state index in [9.17, 15) is 9.90 Å². The van der Waals surface area contributed by atoms with Gasteiger partial charge in [0.2, 0.25) is 5.91 Å². The second-order valence-electron chi connectivity index (χ2n) is 4.86. The molecule has 0 heterocycles. The fourth-order valence-corrected chi connectivity index (χ4v) is 2.07. The molecule has 0 aromatic heterocycles. The Bertz CT molecular complexity index is 611. The van der Waals surface area contributed by atoms with Gasteiger partial charge < -0.3 is 15.2 Å². The molecule has 0 spiro atoms. The molecule has 0 saturated heterocycles. The van der Waals surface area contributed by atoms with Gasteiger partial charge in [-0.05, 0) is 30.2 Å². The van der Waals surface area contributed by atoms with Gasteiger partial charge in [0.25, 0.3) is 0 Å². The van der Waals surface area contributed by atoms with Crippen molar-refractivity contribution in [2.75, 3.05) is 7.11 Å². The topological polar surface area (TPSA) is 58.6 Å².